The van der Waals surface area contributed by atoms with Gasteiger partial charge in [-0.1, -0.05) is 26.8 Å². The number of aromatic nitrogens is 3. The van der Waals surface area contributed by atoms with Crippen LogP contribution in [0.3, 0.4) is 0 Å². The lowest BCUT2D eigenvalue weighted by Crippen LogP contribution is -2.47. The monoisotopic (exact) mass is 482 g/mol. The number of hydrogen-bond donors (Lipinski definition) is 4. The molecule has 3 aromatic rings. The van der Waals surface area contributed by atoms with Crippen molar-refractivity contribution in [3.05, 3.63) is 71.2 Å². The van der Waals surface area contributed by atoms with Crippen LogP contribution in [-0.4, -0.2) is 49.0 Å². The Bertz CT molecular complexity index is 1250. The molecular formula is C24H31FN8O2. The lowest BCUT2D eigenvalue weighted by atomic mass is 9.93. The quantitative estimate of drug-likeness (QED) is 0.183. The molecule has 1 amide bonds. The normalized spacial score (nSPS) is 13.0. The number of hydrazine groups is 1. The molecule has 0 bridgehead atoms. The van der Waals surface area contributed by atoms with Crippen LogP contribution in [0, 0.1) is 12.7 Å². The second kappa shape index (κ2) is 10.2. The molecule has 0 radical (unpaired) electrons. The lowest BCUT2D eigenvalue weighted by Gasteiger charge is -2.25. The number of rotatable bonds is 6. The van der Waals surface area contributed by atoms with Crippen molar-refractivity contribution in [2.75, 3.05) is 11.9 Å². The Labute approximate surface area is 203 Å². The van der Waals surface area contributed by atoms with E-state index in [9.17, 15) is 14.3 Å². The van der Waals surface area contributed by atoms with Crippen molar-refractivity contribution in [3.63, 3.8) is 0 Å². The number of carbonyl (C=O) groups is 1. The smallest absolute Gasteiger partial charge is 0.259 e. The molecule has 0 unspecified atom stereocenters. The number of hydrogen-bond acceptors (Lipinski definition) is 7. The van der Waals surface area contributed by atoms with E-state index in [1.807, 2.05) is 27.0 Å². The summed E-state index contributed by atoms with van der Waals surface area (Å²) >= 11 is 0. The van der Waals surface area contributed by atoms with Gasteiger partial charge in [0.2, 0.25) is 0 Å². The maximum Gasteiger partial charge on any atom is 0.259 e. The number of imidazole rings is 1. The second-order valence-electron chi connectivity index (χ2n) is 9.29. The van der Waals surface area contributed by atoms with Gasteiger partial charge in [0.1, 0.15) is 17.3 Å². The van der Waals surface area contributed by atoms with Crippen LogP contribution in [0.25, 0.3) is 5.69 Å². The molecule has 0 saturated carbocycles. The van der Waals surface area contributed by atoms with Crippen LogP contribution < -0.4 is 17.0 Å². The maximum absolute atomic E-state index is 14.8. The SMILES string of the molecule is Cc1cc(F)c(C(=O)Nc2cccc(/C(=N/N)N(N)[C@H](C)CO)n2)cc1-n1cnc(C(C)(C)C)c1. The highest BCUT2D eigenvalue weighted by atomic mass is 19.1. The maximum atomic E-state index is 14.8. The van der Waals surface area contributed by atoms with Gasteiger partial charge in [0.15, 0.2) is 5.84 Å². The van der Waals surface area contributed by atoms with Gasteiger partial charge in [-0.25, -0.2) is 20.2 Å². The first kappa shape index (κ1) is 25.8. The predicted octanol–water partition coefficient (Wildman–Crippen LogP) is 2.44. The zero-order valence-electron chi connectivity index (χ0n) is 20.5. The summed E-state index contributed by atoms with van der Waals surface area (Å²) in [5.41, 5.74) is 2.13. The number of nitrogens with two attached hydrogens (primary N) is 2. The number of nitrogens with zero attached hydrogens (tertiary/aromatic N) is 5. The summed E-state index contributed by atoms with van der Waals surface area (Å²) < 4.78 is 16.6. The standard InChI is InChI=1S/C24H31FN8O2/c1-14-9-17(25)16(10-19(14)32-11-20(28-13-32)24(3,4)5)23(35)30-21-8-6-7-18(29-21)22(31-26)33(27)15(2)12-34/h6-11,13,15,34H,12,26-27H2,1-5H3,(H,29,30,35)/b31-22-/t15-/m1/s1. The molecule has 0 saturated heterocycles. The van der Waals surface area contributed by atoms with E-state index in [4.69, 9.17) is 11.7 Å². The van der Waals surface area contributed by atoms with Gasteiger partial charge in [-0.3, -0.25) is 9.80 Å². The van der Waals surface area contributed by atoms with E-state index in [0.717, 1.165) is 5.69 Å². The van der Waals surface area contributed by atoms with Crippen LogP contribution in [0.4, 0.5) is 10.2 Å². The number of pyridine rings is 1. The number of benzene rings is 1. The average molecular weight is 483 g/mol. The molecule has 3 rings (SSSR count). The van der Waals surface area contributed by atoms with Gasteiger partial charge in [-0.05, 0) is 43.7 Å². The predicted molar refractivity (Wildman–Crippen MR) is 132 cm³/mol. The van der Waals surface area contributed by atoms with E-state index in [1.165, 1.54) is 17.1 Å². The Morgan fingerprint density at radius 1 is 1.34 bits per heavy atom. The van der Waals surface area contributed by atoms with Gasteiger partial charge in [0.25, 0.3) is 5.91 Å². The van der Waals surface area contributed by atoms with E-state index in [0.29, 0.717) is 11.3 Å². The number of amides is 1. The molecule has 11 heteroatoms. The highest BCUT2D eigenvalue weighted by Crippen LogP contribution is 2.24. The zero-order valence-corrected chi connectivity index (χ0v) is 20.5. The number of aryl methyl sites for hydroxylation is 1. The Kier molecular flexibility index (Phi) is 7.51. The molecule has 0 aliphatic carbocycles. The molecule has 1 atom stereocenters. The molecule has 0 spiro atoms. The highest BCUT2D eigenvalue weighted by molar-refractivity contribution is 6.05. The molecule has 0 aliphatic heterocycles. The van der Waals surface area contributed by atoms with Gasteiger partial charge >= 0.3 is 0 Å². The third-order valence-corrected chi connectivity index (χ3v) is 5.49. The molecule has 0 aliphatic rings. The van der Waals surface area contributed by atoms with E-state index in [-0.39, 0.29) is 34.9 Å². The molecule has 186 valence electrons. The van der Waals surface area contributed by atoms with E-state index in [2.05, 4.69) is 20.4 Å². The summed E-state index contributed by atoms with van der Waals surface area (Å²) in [4.78, 5) is 21.8. The molecule has 1 aromatic carbocycles. The molecule has 6 N–H and O–H groups in total. The van der Waals surface area contributed by atoms with Gasteiger partial charge in [-0.15, -0.1) is 0 Å². The fourth-order valence-electron chi connectivity index (χ4n) is 3.33. The molecule has 2 aromatic heterocycles. The highest BCUT2D eigenvalue weighted by Gasteiger charge is 2.21. The Morgan fingerprint density at radius 2 is 2.06 bits per heavy atom. The number of aliphatic hydroxyl groups is 1. The average Bonchev–Trinajstić information content (AvgIpc) is 3.30. The van der Waals surface area contributed by atoms with Crippen molar-refractivity contribution in [3.8, 4) is 5.69 Å². The third-order valence-electron chi connectivity index (χ3n) is 5.49. The van der Waals surface area contributed by atoms with E-state index >= 15 is 0 Å². The zero-order chi connectivity index (χ0) is 25.9. The summed E-state index contributed by atoms with van der Waals surface area (Å²) in [6, 6.07) is 7.09. The number of carbonyl (C=O) groups excluding carboxylic acids is 1. The van der Waals surface area contributed by atoms with Gasteiger partial charge in [-0.2, -0.15) is 5.10 Å². The van der Waals surface area contributed by atoms with Crippen molar-refractivity contribution >= 4 is 17.6 Å². The minimum Gasteiger partial charge on any atom is -0.394 e. The van der Waals surface area contributed by atoms with E-state index in [1.54, 1.807) is 42.9 Å². The summed E-state index contributed by atoms with van der Waals surface area (Å²) in [6.07, 6.45) is 3.51. The topological polar surface area (TPSA) is 148 Å². The Balaban J connectivity index is 1.90. The van der Waals surface area contributed by atoms with Gasteiger partial charge < -0.3 is 20.8 Å². The minimum absolute atomic E-state index is 0.112. The van der Waals surface area contributed by atoms with E-state index < -0.39 is 17.8 Å². The summed E-state index contributed by atoms with van der Waals surface area (Å²) in [5.74, 6) is 10.4. The van der Waals surface area contributed by atoms with Crippen molar-refractivity contribution in [1.29, 1.82) is 0 Å². The number of anilines is 1. The Hall–Kier alpha value is -3.83. The van der Waals surface area contributed by atoms with Crippen LogP contribution in [-0.2, 0) is 5.41 Å². The van der Waals surface area contributed by atoms with Crippen molar-refractivity contribution < 1.29 is 14.3 Å². The van der Waals surface area contributed by atoms with Crippen molar-refractivity contribution in [2.24, 2.45) is 16.8 Å². The largest absolute Gasteiger partial charge is 0.394 e. The molecule has 10 nitrogen and oxygen atoms in total. The first-order valence-electron chi connectivity index (χ1n) is 11.0. The van der Waals surface area contributed by atoms with Crippen LogP contribution in [0.1, 0.15) is 55.0 Å². The third kappa shape index (κ3) is 5.64. The Morgan fingerprint density at radius 3 is 2.66 bits per heavy atom. The van der Waals surface area contributed by atoms with Crippen LogP contribution in [0.15, 0.2) is 48.0 Å². The van der Waals surface area contributed by atoms with Gasteiger partial charge in [0, 0.05) is 11.6 Å². The number of amidine groups is 1. The summed E-state index contributed by atoms with van der Waals surface area (Å²) in [7, 11) is 0. The summed E-state index contributed by atoms with van der Waals surface area (Å²) in [5, 5.41) is 16.8. The van der Waals surface area contributed by atoms with Gasteiger partial charge in [0.05, 0.1) is 35.9 Å². The van der Waals surface area contributed by atoms with Crippen LogP contribution in [0.2, 0.25) is 0 Å². The number of hydrazone groups is 1. The van der Waals surface area contributed by atoms with Crippen LogP contribution >= 0.6 is 0 Å². The van der Waals surface area contributed by atoms with Crippen LogP contribution in [0.5, 0.6) is 0 Å². The lowest BCUT2D eigenvalue weighted by molar-refractivity contribution is 0.102. The molecule has 2 heterocycles. The minimum atomic E-state index is -0.677. The van der Waals surface area contributed by atoms with Crippen molar-refractivity contribution in [2.45, 2.75) is 46.1 Å². The fourth-order valence-corrected chi connectivity index (χ4v) is 3.33. The van der Waals surface area contributed by atoms with Crippen molar-refractivity contribution in [1.82, 2.24) is 19.5 Å². The summed E-state index contributed by atoms with van der Waals surface area (Å²) in [6.45, 7) is 9.36. The molecule has 0 fully saturated rings. The first-order valence-corrected chi connectivity index (χ1v) is 11.0. The number of nitrogens with one attached hydrogen (secondary N) is 1. The first-order chi connectivity index (χ1) is 16.5. The molecule has 35 heavy (non-hydrogen) atoms. The number of halogens is 1. The number of aliphatic hydroxyl groups excluding tert-OH is 1. The molecular weight excluding hydrogens is 451 g/mol. The fraction of sp³-hybridized carbons (Fsp3) is 0.333. The second-order valence-corrected chi connectivity index (χ2v) is 9.29.